The van der Waals surface area contributed by atoms with Crippen LogP contribution in [0.25, 0.3) is 0 Å². The molecule has 0 aromatic heterocycles. The molecular weight excluding hydrogens is 234 g/mol. The molecule has 2 aromatic rings. The van der Waals surface area contributed by atoms with E-state index in [-0.39, 0.29) is 0 Å². The smallest absolute Gasteiger partial charge is 0.212 e. The minimum absolute atomic E-state index is 0.633. The summed E-state index contributed by atoms with van der Waals surface area (Å²) in [7, 11) is 0. The summed E-state index contributed by atoms with van der Waals surface area (Å²) in [4.78, 5) is 0.633. The number of benzene rings is 2. The fourth-order valence-electron chi connectivity index (χ4n) is 1.35. The van der Waals surface area contributed by atoms with Gasteiger partial charge in [0.1, 0.15) is 0 Å². The van der Waals surface area contributed by atoms with Gasteiger partial charge in [-0.05, 0) is 30.7 Å². The first kappa shape index (κ1) is 11.8. The standard InChI is InChI=1S/C13H13NO2S/c1-11-7-5-6-10-13(11)14-16-17(15)12-8-3-2-4-9-12/h2-10,14H,1H3. The Labute approximate surface area is 103 Å². The van der Waals surface area contributed by atoms with Crippen molar-refractivity contribution in [1.82, 2.24) is 0 Å². The van der Waals surface area contributed by atoms with Gasteiger partial charge in [0.2, 0.25) is 11.1 Å². The molecule has 0 aliphatic rings. The van der Waals surface area contributed by atoms with Crippen molar-refractivity contribution in [3.05, 3.63) is 60.2 Å². The summed E-state index contributed by atoms with van der Waals surface area (Å²) < 4.78 is 16.9. The van der Waals surface area contributed by atoms with Crippen LogP contribution in [0, 0.1) is 6.92 Å². The highest BCUT2D eigenvalue weighted by molar-refractivity contribution is 7.80. The van der Waals surface area contributed by atoms with Crippen molar-refractivity contribution < 1.29 is 8.49 Å². The van der Waals surface area contributed by atoms with Gasteiger partial charge in [0.15, 0.2) is 0 Å². The average molecular weight is 247 g/mol. The molecule has 0 fully saturated rings. The Morgan fingerprint density at radius 2 is 1.65 bits per heavy atom. The second kappa shape index (κ2) is 5.61. The van der Waals surface area contributed by atoms with Crippen molar-refractivity contribution in [3.63, 3.8) is 0 Å². The van der Waals surface area contributed by atoms with Crippen LogP contribution in [-0.2, 0) is 15.4 Å². The molecule has 1 N–H and O–H groups in total. The minimum atomic E-state index is -1.50. The van der Waals surface area contributed by atoms with Gasteiger partial charge in [-0.2, -0.15) is 4.28 Å². The van der Waals surface area contributed by atoms with E-state index in [0.29, 0.717) is 4.90 Å². The molecule has 0 heterocycles. The summed E-state index contributed by atoms with van der Waals surface area (Å²) in [6.45, 7) is 1.96. The lowest BCUT2D eigenvalue weighted by molar-refractivity contribution is 0.435. The van der Waals surface area contributed by atoms with Crippen molar-refractivity contribution >= 4 is 16.8 Å². The van der Waals surface area contributed by atoms with E-state index < -0.39 is 11.1 Å². The van der Waals surface area contributed by atoms with Crippen LogP contribution < -0.4 is 5.48 Å². The summed E-state index contributed by atoms with van der Waals surface area (Å²) in [5.41, 5.74) is 4.57. The molecule has 88 valence electrons. The summed E-state index contributed by atoms with van der Waals surface area (Å²) >= 11 is -1.50. The summed E-state index contributed by atoms with van der Waals surface area (Å²) in [6, 6.07) is 16.7. The monoisotopic (exact) mass is 247 g/mol. The Morgan fingerprint density at radius 1 is 1.00 bits per heavy atom. The molecule has 0 bridgehead atoms. The van der Waals surface area contributed by atoms with Gasteiger partial charge in [0.05, 0.1) is 10.6 Å². The highest BCUT2D eigenvalue weighted by Gasteiger charge is 2.04. The Kier molecular flexibility index (Phi) is 3.90. The molecule has 0 spiro atoms. The zero-order valence-corrected chi connectivity index (χ0v) is 10.2. The maximum absolute atomic E-state index is 11.8. The van der Waals surface area contributed by atoms with Gasteiger partial charge >= 0.3 is 0 Å². The van der Waals surface area contributed by atoms with Gasteiger partial charge in [0, 0.05) is 0 Å². The Hall–Kier alpha value is -1.65. The molecule has 2 aromatic carbocycles. The van der Waals surface area contributed by atoms with E-state index >= 15 is 0 Å². The van der Waals surface area contributed by atoms with Crippen LogP contribution in [0.2, 0.25) is 0 Å². The fourth-order valence-corrected chi connectivity index (χ4v) is 1.99. The Balaban J connectivity index is 2.00. The highest BCUT2D eigenvalue weighted by Crippen LogP contribution is 2.14. The second-order valence-electron chi connectivity index (χ2n) is 3.55. The van der Waals surface area contributed by atoms with E-state index in [1.165, 1.54) is 0 Å². The summed E-state index contributed by atoms with van der Waals surface area (Å²) in [6.07, 6.45) is 0. The van der Waals surface area contributed by atoms with E-state index in [1.54, 1.807) is 12.1 Å². The molecule has 1 unspecified atom stereocenters. The molecule has 0 aliphatic carbocycles. The fraction of sp³-hybridized carbons (Fsp3) is 0.0769. The van der Waals surface area contributed by atoms with E-state index in [2.05, 4.69) is 5.48 Å². The molecule has 0 aliphatic heterocycles. The lowest BCUT2D eigenvalue weighted by Crippen LogP contribution is -2.06. The lowest BCUT2D eigenvalue weighted by Gasteiger charge is -2.08. The molecule has 0 amide bonds. The van der Waals surface area contributed by atoms with Crippen LogP contribution in [0.3, 0.4) is 0 Å². The van der Waals surface area contributed by atoms with Crippen molar-refractivity contribution in [2.24, 2.45) is 0 Å². The van der Waals surface area contributed by atoms with Crippen LogP contribution in [0.15, 0.2) is 59.5 Å². The van der Waals surface area contributed by atoms with Crippen molar-refractivity contribution in [1.29, 1.82) is 0 Å². The number of para-hydroxylation sites is 1. The second-order valence-corrected chi connectivity index (χ2v) is 4.66. The van der Waals surface area contributed by atoms with Crippen LogP contribution >= 0.6 is 0 Å². The first-order valence-electron chi connectivity index (χ1n) is 5.23. The normalized spacial score (nSPS) is 12.1. The minimum Gasteiger partial charge on any atom is -0.251 e. The zero-order chi connectivity index (χ0) is 12.1. The SMILES string of the molecule is Cc1ccccc1NOS(=O)c1ccccc1. The number of anilines is 1. The number of aryl methyl sites for hydroxylation is 1. The van der Waals surface area contributed by atoms with Gasteiger partial charge in [-0.15, -0.1) is 0 Å². The highest BCUT2D eigenvalue weighted by atomic mass is 32.2. The average Bonchev–Trinajstić information content (AvgIpc) is 2.38. The Morgan fingerprint density at radius 3 is 2.35 bits per heavy atom. The van der Waals surface area contributed by atoms with Crippen molar-refractivity contribution in [2.75, 3.05) is 5.48 Å². The van der Waals surface area contributed by atoms with Crippen LogP contribution in [0.5, 0.6) is 0 Å². The van der Waals surface area contributed by atoms with E-state index in [9.17, 15) is 4.21 Å². The maximum Gasteiger partial charge on any atom is 0.212 e. The first-order valence-corrected chi connectivity index (χ1v) is 6.30. The van der Waals surface area contributed by atoms with Crippen molar-refractivity contribution in [2.45, 2.75) is 11.8 Å². The van der Waals surface area contributed by atoms with E-state index in [4.69, 9.17) is 4.28 Å². The first-order chi connectivity index (χ1) is 8.27. The van der Waals surface area contributed by atoms with Crippen LogP contribution in [0.1, 0.15) is 5.56 Å². The predicted molar refractivity (Wildman–Crippen MR) is 68.7 cm³/mol. The zero-order valence-electron chi connectivity index (χ0n) is 9.42. The van der Waals surface area contributed by atoms with Gasteiger partial charge in [-0.25, -0.2) is 4.21 Å². The third-order valence-electron chi connectivity index (χ3n) is 2.31. The van der Waals surface area contributed by atoms with Gasteiger partial charge < -0.3 is 0 Å². The summed E-state index contributed by atoms with van der Waals surface area (Å²) in [5.74, 6) is 0. The van der Waals surface area contributed by atoms with Crippen molar-refractivity contribution in [3.8, 4) is 0 Å². The molecular formula is C13H13NO2S. The van der Waals surface area contributed by atoms with Gasteiger partial charge in [-0.1, -0.05) is 36.4 Å². The molecule has 0 saturated heterocycles. The maximum atomic E-state index is 11.8. The van der Waals surface area contributed by atoms with Crippen LogP contribution in [0.4, 0.5) is 5.69 Å². The third kappa shape index (κ3) is 3.15. The molecule has 17 heavy (non-hydrogen) atoms. The molecule has 2 rings (SSSR count). The quantitative estimate of drug-likeness (QED) is 0.844. The molecule has 1 atom stereocenters. The predicted octanol–water partition coefficient (Wildman–Crippen LogP) is 3.06. The third-order valence-corrected chi connectivity index (χ3v) is 3.20. The topological polar surface area (TPSA) is 38.3 Å². The number of nitrogens with one attached hydrogen (secondary N) is 1. The van der Waals surface area contributed by atoms with Gasteiger partial charge in [-0.3, -0.25) is 5.48 Å². The van der Waals surface area contributed by atoms with Gasteiger partial charge in [0.25, 0.3) is 0 Å². The molecule has 3 nitrogen and oxygen atoms in total. The lowest BCUT2D eigenvalue weighted by atomic mass is 10.2. The summed E-state index contributed by atoms with van der Waals surface area (Å²) in [5, 5.41) is 0. The number of hydrogen-bond donors (Lipinski definition) is 1. The molecule has 0 radical (unpaired) electrons. The number of hydrogen-bond acceptors (Lipinski definition) is 3. The molecule has 4 heteroatoms. The van der Waals surface area contributed by atoms with Crippen LogP contribution in [-0.4, -0.2) is 4.21 Å². The Bertz CT molecular complexity index is 514. The van der Waals surface area contributed by atoms with E-state index in [0.717, 1.165) is 11.3 Å². The van der Waals surface area contributed by atoms with E-state index in [1.807, 2.05) is 49.4 Å². The largest absolute Gasteiger partial charge is 0.251 e. The number of rotatable bonds is 4. The molecule has 0 saturated carbocycles.